The van der Waals surface area contributed by atoms with Crippen molar-refractivity contribution in [3.63, 3.8) is 0 Å². The molecule has 0 saturated carbocycles. The highest BCUT2D eigenvalue weighted by Gasteiger charge is 2.53. The molecule has 0 aliphatic carbocycles. The lowest BCUT2D eigenvalue weighted by Gasteiger charge is -2.46. The molecule has 0 aromatic heterocycles. The lowest BCUT2D eigenvalue weighted by atomic mass is 9.60. The molecule has 0 aliphatic rings. The Morgan fingerprint density at radius 3 is 1.59 bits per heavy atom. The van der Waals surface area contributed by atoms with Crippen LogP contribution in [0.25, 0.3) is 0 Å². The molecule has 1 unspecified atom stereocenters. The van der Waals surface area contributed by atoms with Crippen molar-refractivity contribution < 1.29 is 22.9 Å². The van der Waals surface area contributed by atoms with Crippen molar-refractivity contribution >= 4 is 16.1 Å². The fourth-order valence-electron chi connectivity index (χ4n) is 1.89. The van der Waals surface area contributed by atoms with Crippen molar-refractivity contribution in [3.8, 4) is 0 Å². The summed E-state index contributed by atoms with van der Waals surface area (Å²) in [6, 6.07) is 0. The third-order valence-electron chi connectivity index (χ3n) is 4.28. The summed E-state index contributed by atoms with van der Waals surface area (Å²) in [5.41, 5.74) is -1.66. The Labute approximate surface area is 103 Å². The lowest BCUT2D eigenvalue weighted by molar-refractivity contribution is -0.141. The molecule has 102 valence electrons. The first-order valence-corrected chi connectivity index (χ1v) is 6.95. The summed E-state index contributed by atoms with van der Waals surface area (Å²) < 4.78 is 31.6. The number of hydrogen-bond acceptors (Lipinski definition) is 3. The molecule has 17 heavy (non-hydrogen) atoms. The zero-order valence-corrected chi connectivity index (χ0v) is 12.0. The van der Waals surface area contributed by atoms with Crippen LogP contribution in [0.3, 0.4) is 0 Å². The van der Waals surface area contributed by atoms with Crippen LogP contribution in [0.15, 0.2) is 0 Å². The topological polar surface area (TPSA) is 91.7 Å². The first-order chi connectivity index (χ1) is 7.26. The summed E-state index contributed by atoms with van der Waals surface area (Å²) in [6.45, 7) is 10.5. The minimum atomic E-state index is -4.64. The quantitative estimate of drug-likeness (QED) is 0.743. The van der Waals surface area contributed by atoms with Gasteiger partial charge in [-0.1, -0.05) is 41.5 Å². The molecule has 0 aromatic rings. The lowest BCUT2D eigenvalue weighted by Crippen LogP contribution is -2.52. The van der Waals surface area contributed by atoms with Crippen molar-refractivity contribution in [2.45, 2.75) is 46.8 Å². The van der Waals surface area contributed by atoms with Gasteiger partial charge in [-0.05, 0) is 16.7 Å². The second kappa shape index (κ2) is 4.57. The van der Waals surface area contributed by atoms with Gasteiger partial charge in [-0.15, -0.1) is 0 Å². The number of carboxylic acids is 1. The smallest absolute Gasteiger partial charge is 0.324 e. The number of rotatable bonds is 5. The van der Waals surface area contributed by atoms with Gasteiger partial charge in [0.05, 0.1) is 0 Å². The van der Waals surface area contributed by atoms with E-state index in [1.54, 1.807) is 27.7 Å². The van der Waals surface area contributed by atoms with Crippen LogP contribution in [0, 0.1) is 16.7 Å². The van der Waals surface area contributed by atoms with E-state index >= 15 is 0 Å². The molecular formula is C11H22O5S. The van der Waals surface area contributed by atoms with Crippen LogP contribution in [0.2, 0.25) is 0 Å². The van der Waals surface area contributed by atoms with Gasteiger partial charge < -0.3 is 5.11 Å². The van der Waals surface area contributed by atoms with Crippen molar-refractivity contribution in [2.24, 2.45) is 16.7 Å². The van der Waals surface area contributed by atoms with Crippen molar-refractivity contribution in [2.75, 3.05) is 0 Å². The summed E-state index contributed by atoms with van der Waals surface area (Å²) >= 11 is 0. The van der Waals surface area contributed by atoms with Crippen molar-refractivity contribution in [3.05, 3.63) is 0 Å². The molecule has 0 spiro atoms. The first kappa shape index (κ1) is 16.4. The SMILES string of the molecule is CC(C)C(C)(C)C(C)(C)C(C(=O)O)S(=O)(=O)O. The van der Waals surface area contributed by atoms with E-state index in [9.17, 15) is 13.2 Å². The second-order valence-electron chi connectivity index (χ2n) is 5.83. The van der Waals surface area contributed by atoms with Gasteiger partial charge in [0.15, 0.2) is 5.25 Å². The van der Waals surface area contributed by atoms with Crippen LogP contribution in [-0.2, 0) is 14.9 Å². The Morgan fingerprint density at radius 2 is 1.41 bits per heavy atom. The van der Waals surface area contributed by atoms with E-state index in [0.717, 1.165) is 0 Å². The van der Waals surface area contributed by atoms with Gasteiger partial charge in [-0.2, -0.15) is 8.42 Å². The van der Waals surface area contributed by atoms with Gasteiger partial charge in [0.1, 0.15) is 0 Å². The van der Waals surface area contributed by atoms with Crippen LogP contribution in [0.1, 0.15) is 41.5 Å². The molecule has 0 heterocycles. The molecule has 0 bridgehead atoms. The van der Waals surface area contributed by atoms with Gasteiger partial charge in [0, 0.05) is 0 Å². The normalized spacial score (nSPS) is 16.0. The van der Waals surface area contributed by atoms with Crippen LogP contribution in [0.5, 0.6) is 0 Å². The van der Waals surface area contributed by atoms with Gasteiger partial charge in [-0.3, -0.25) is 9.35 Å². The molecule has 6 heteroatoms. The Hall–Kier alpha value is -0.620. The number of carbonyl (C=O) groups is 1. The number of aliphatic carboxylic acids is 1. The Bertz CT molecular complexity index is 392. The predicted octanol–water partition coefficient (Wildman–Crippen LogP) is 2.04. The number of hydrogen-bond donors (Lipinski definition) is 2. The molecule has 0 aliphatic heterocycles. The molecule has 0 fully saturated rings. The maximum absolute atomic E-state index is 11.3. The highest BCUT2D eigenvalue weighted by molar-refractivity contribution is 7.87. The first-order valence-electron chi connectivity index (χ1n) is 5.45. The summed E-state index contributed by atoms with van der Waals surface area (Å²) in [5.74, 6) is -1.45. The Balaban J connectivity index is 5.79. The molecule has 5 nitrogen and oxygen atoms in total. The van der Waals surface area contributed by atoms with Crippen LogP contribution < -0.4 is 0 Å². The van der Waals surface area contributed by atoms with Crippen LogP contribution >= 0.6 is 0 Å². The highest BCUT2D eigenvalue weighted by atomic mass is 32.2. The standard InChI is InChI=1S/C11H22O5S/c1-7(2)10(3,4)11(5,6)8(9(12)13)17(14,15)16/h7-8H,1-6H3,(H,12,13)(H,14,15,16). The third kappa shape index (κ3) is 2.98. The maximum atomic E-state index is 11.3. The average molecular weight is 266 g/mol. The predicted molar refractivity (Wildman–Crippen MR) is 65.4 cm³/mol. The van der Waals surface area contributed by atoms with Crippen molar-refractivity contribution in [1.29, 1.82) is 0 Å². The monoisotopic (exact) mass is 266 g/mol. The van der Waals surface area contributed by atoms with E-state index in [2.05, 4.69) is 0 Å². The summed E-state index contributed by atoms with van der Waals surface area (Å²) in [6.07, 6.45) is 0. The maximum Gasteiger partial charge on any atom is 0.324 e. The summed E-state index contributed by atoms with van der Waals surface area (Å²) in [4.78, 5) is 11.1. The van der Waals surface area contributed by atoms with Gasteiger partial charge in [0.2, 0.25) is 0 Å². The van der Waals surface area contributed by atoms with E-state index in [1.807, 2.05) is 13.8 Å². The van der Waals surface area contributed by atoms with E-state index in [0.29, 0.717) is 0 Å². The highest BCUT2D eigenvalue weighted by Crippen LogP contribution is 2.48. The zero-order chi connectivity index (χ0) is 14.2. The molecule has 0 rings (SSSR count). The van der Waals surface area contributed by atoms with Crippen LogP contribution in [-0.4, -0.2) is 29.3 Å². The van der Waals surface area contributed by atoms with Crippen LogP contribution in [0.4, 0.5) is 0 Å². The van der Waals surface area contributed by atoms with Gasteiger partial charge >= 0.3 is 5.97 Å². The fraction of sp³-hybridized carbons (Fsp3) is 0.909. The van der Waals surface area contributed by atoms with E-state index in [1.165, 1.54) is 0 Å². The van der Waals surface area contributed by atoms with E-state index in [4.69, 9.17) is 9.66 Å². The molecule has 0 aromatic carbocycles. The largest absolute Gasteiger partial charge is 0.480 e. The minimum absolute atomic E-state index is 0.0705. The van der Waals surface area contributed by atoms with E-state index in [-0.39, 0.29) is 5.92 Å². The second-order valence-corrected chi connectivity index (χ2v) is 7.33. The fourth-order valence-corrected chi connectivity index (χ4v) is 3.19. The molecule has 0 radical (unpaired) electrons. The Kier molecular flexibility index (Phi) is 4.40. The average Bonchev–Trinajstić information content (AvgIpc) is 1.97. The molecule has 2 N–H and O–H groups in total. The molecular weight excluding hydrogens is 244 g/mol. The van der Waals surface area contributed by atoms with Crippen molar-refractivity contribution in [1.82, 2.24) is 0 Å². The Morgan fingerprint density at radius 1 is 1.06 bits per heavy atom. The molecule has 0 saturated heterocycles. The molecule has 0 amide bonds. The van der Waals surface area contributed by atoms with Gasteiger partial charge in [0.25, 0.3) is 10.1 Å². The zero-order valence-electron chi connectivity index (χ0n) is 11.2. The summed E-state index contributed by atoms with van der Waals surface area (Å²) in [5, 5.41) is 7.22. The minimum Gasteiger partial charge on any atom is -0.480 e. The third-order valence-corrected chi connectivity index (χ3v) is 5.67. The molecule has 1 atom stereocenters. The van der Waals surface area contributed by atoms with Gasteiger partial charge in [-0.25, -0.2) is 0 Å². The number of carboxylic acid groups (broad SMARTS) is 1. The summed E-state index contributed by atoms with van der Waals surface area (Å²) in [7, 11) is -4.64. The van der Waals surface area contributed by atoms with E-state index < -0.39 is 32.2 Å².